The molecule has 0 aromatic heterocycles. The Kier molecular flexibility index (Phi) is 62.1. The molecule has 0 heterocycles. The third-order valence-corrected chi connectivity index (χ3v) is 18.6. The van der Waals surface area contributed by atoms with E-state index in [2.05, 4.69) is 83.1 Å². The van der Waals surface area contributed by atoms with Crippen molar-refractivity contribution in [3.8, 4) is 0 Å². The average Bonchev–Trinajstić information content (AvgIpc) is 3.22. The Morgan fingerprint density at radius 3 is 0.509 bits per heavy atom. The first kappa shape index (κ1) is 64.8. The monoisotopic (exact) mass is 859 g/mol. The molecule has 0 amide bonds. The van der Waals surface area contributed by atoms with Crippen molar-refractivity contribution in [3.63, 3.8) is 0 Å². The maximum Gasteiger partial charge on any atom is 0.106 e. The van der Waals surface area contributed by atoms with Gasteiger partial charge in [0, 0.05) is 16.5 Å². The number of hydrogen-bond donors (Lipinski definition) is 0. The Hall–Kier alpha value is 0.694. The van der Waals surface area contributed by atoms with Gasteiger partial charge in [-0.15, -0.1) is 15.8 Å². The fraction of sp³-hybridized carbons (Fsp3) is 0.960. The van der Waals surface area contributed by atoms with Crippen LogP contribution >= 0.6 is 15.8 Å². The largest absolute Gasteiger partial charge is 0.307 e. The molecule has 0 fully saturated rings. The minimum absolute atomic E-state index is 0. The van der Waals surface area contributed by atoms with Gasteiger partial charge in [-0.05, 0) is 72.5 Å². The van der Waals surface area contributed by atoms with Crippen molar-refractivity contribution in [1.82, 2.24) is 0 Å². The SMILES string of the molecule is C=O.C=O.CCCCC(CC)CP(CC(CC)CCCC)CC(CC)CCCC.CCCCC(CC)CP(CC(CC)CCCC)CC(CC)CCCC.[Ni]. The molecular formula is C50H106NiO2P2. The van der Waals surface area contributed by atoms with Crippen LogP contribution in [0.2, 0.25) is 0 Å². The summed E-state index contributed by atoms with van der Waals surface area (Å²) in [4.78, 5) is 16.0. The van der Waals surface area contributed by atoms with Gasteiger partial charge in [0.15, 0.2) is 0 Å². The third-order valence-electron chi connectivity index (χ3n) is 12.4. The summed E-state index contributed by atoms with van der Waals surface area (Å²) in [6.07, 6.45) is 43.8. The molecule has 0 bridgehead atoms. The topological polar surface area (TPSA) is 34.1 Å². The molecule has 0 saturated carbocycles. The van der Waals surface area contributed by atoms with Crippen LogP contribution < -0.4 is 0 Å². The molecule has 55 heavy (non-hydrogen) atoms. The minimum atomic E-state index is 0. The number of rotatable bonds is 36. The molecule has 0 spiro atoms. The summed E-state index contributed by atoms with van der Waals surface area (Å²) in [5.74, 6) is 6.07. The zero-order chi connectivity index (χ0) is 41.8. The smallest absolute Gasteiger partial charge is 0.106 e. The first-order valence-electron chi connectivity index (χ1n) is 24.3. The average molecular weight is 860 g/mol. The Morgan fingerprint density at radius 2 is 0.418 bits per heavy atom. The Balaban J connectivity index is -0.000000273. The molecule has 0 N–H and O–H groups in total. The molecular weight excluding hydrogens is 753 g/mol. The van der Waals surface area contributed by atoms with E-state index in [4.69, 9.17) is 9.59 Å². The summed E-state index contributed by atoms with van der Waals surface area (Å²) in [6.45, 7) is 32.8. The van der Waals surface area contributed by atoms with E-state index < -0.39 is 0 Å². The quantitative estimate of drug-likeness (QED) is 0.0465. The van der Waals surface area contributed by atoms with Crippen molar-refractivity contribution in [2.45, 2.75) is 237 Å². The molecule has 0 aliphatic rings. The van der Waals surface area contributed by atoms with Crippen LogP contribution in [0.25, 0.3) is 0 Å². The molecule has 0 radical (unpaired) electrons. The fourth-order valence-electron chi connectivity index (χ4n) is 8.14. The van der Waals surface area contributed by atoms with E-state index in [9.17, 15) is 0 Å². The number of carbonyl (C=O) groups excluding carboxylic acids is 2. The van der Waals surface area contributed by atoms with E-state index in [1.54, 1.807) is 37.0 Å². The van der Waals surface area contributed by atoms with Gasteiger partial charge in [-0.25, -0.2) is 0 Å². The predicted molar refractivity (Wildman–Crippen MR) is 257 cm³/mol. The molecule has 6 atom stereocenters. The van der Waals surface area contributed by atoms with Gasteiger partial charge in [-0.1, -0.05) is 237 Å². The van der Waals surface area contributed by atoms with Crippen molar-refractivity contribution >= 4 is 29.4 Å². The van der Waals surface area contributed by atoms with E-state index in [0.29, 0.717) is 0 Å². The molecule has 2 nitrogen and oxygen atoms in total. The van der Waals surface area contributed by atoms with Gasteiger partial charge in [0.2, 0.25) is 0 Å². The number of carbonyl (C=O) groups is 2. The summed E-state index contributed by atoms with van der Waals surface area (Å²) in [5, 5.41) is 0. The minimum Gasteiger partial charge on any atom is -0.307 e. The van der Waals surface area contributed by atoms with Crippen LogP contribution in [-0.4, -0.2) is 50.5 Å². The first-order chi connectivity index (χ1) is 26.3. The van der Waals surface area contributed by atoms with Crippen LogP contribution in [0.4, 0.5) is 0 Å². The van der Waals surface area contributed by atoms with Crippen molar-refractivity contribution < 1.29 is 26.1 Å². The van der Waals surface area contributed by atoms with Gasteiger partial charge in [0.25, 0.3) is 0 Å². The molecule has 0 aliphatic heterocycles. The van der Waals surface area contributed by atoms with E-state index in [1.807, 2.05) is 13.6 Å². The van der Waals surface area contributed by atoms with Gasteiger partial charge in [-0.2, -0.15) is 0 Å². The molecule has 0 saturated heterocycles. The fourth-order valence-corrected chi connectivity index (χ4v) is 16.1. The molecule has 338 valence electrons. The zero-order valence-corrected chi connectivity index (χ0v) is 42.9. The Bertz CT molecular complexity index is 541. The van der Waals surface area contributed by atoms with Crippen LogP contribution in [0.3, 0.4) is 0 Å². The van der Waals surface area contributed by atoms with Crippen LogP contribution in [0.5, 0.6) is 0 Å². The van der Waals surface area contributed by atoms with Crippen molar-refractivity contribution in [2.24, 2.45) is 35.5 Å². The Morgan fingerprint density at radius 1 is 0.291 bits per heavy atom. The molecule has 0 aromatic rings. The first-order valence-corrected chi connectivity index (χ1v) is 28.1. The number of hydrogen-bond acceptors (Lipinski definition) is 2. The van der Waals surface area contributed by atoms with E-state index >= 15 is 0 Å². The van der Waals surface area contributed by atoms with Crippen molar-refractivity contribution in [3.05, 3.63) is 0 Å². The second-order valence-corrected chi connectivity index (χ2v) is 21.8. The van der Waals surface area contributed by atoms with Gasteiger partial charge in [0.1, 0.15) is 13.6 Å². The summed E-state index contributed by atoms with van der Waals surface area (Å²) in [5.41, 5.74) is 0. The maximum atomic E-state index is 8.00. The van der Waals surface area contributed by atoms with Crippen LogP contribution in [0.15, 0.2) is 0 Å². The maximum absolute atomic E-state index is 8.00. The summed E-state index contributed by atoms with van der Waals surface area (Å²) in [6, 6.07) is 0. The van der Waals surface area contributed by atoms with Gasteiger partial charge >= 0.3 is 0 Å². The van der Waals surface area contributed by atoms with Crippen molar-refractivity contribution in [2.75, 3.05) is 37.0 Å². The normalized spacial score (nSPS) is 15.2. The molecule has 5 heteroatoms. The van der Waals surface area contributed by atoms with Gasteiger partial charge in [-0.3, -0.25) is 0 Å². The molecule has 0 aromatic carbocycles. The standard InChI is InChI=1S/2C24H51P.2CH2O.Ni/c2*1-7-13-16-22(10-4)19-25(20-23(11-5)17-14-8-2)21-24(12-6)18-15-9-3;2*1-2;/h2*22-24H,7-21H2,1-6H3;2*1H2;. The summed E-state index contributed by atoms with van der Waals surface area (Å²) in [7, 11) is 0.508. The number of unbranched alkanes of at least 4 members (excludes halogenated alkanes) is 6. The van der Waals surface area contributed by atoms with Crippen LogP contribution in [-0.2, 0) is 26.1 Å². The predicted octanol–water partition coefficient (Wildman–Crippen LogP) is 17.9. The third kappa shape index (κ3) is 41.2. The zero-order valence-electron chi connectivity index (χ0n) is 40.1. The van der Waals surface area contributed by atoms with Gasteiger partial charge in [0.05, 0.1) is 0 Å². The summed E-state index contributed by atoms with van der Waals surface area (Å²) < 4.78 is 0. The second kappa shape index (κ2) is 52.7. The van der Waals surface area contributed by atoms with Crippen LogP contribution in [0.1, 0.15) is 237 Å². The molecule has 6 unspecified atom stereocenters. The summed E-state index contributed by atoms with van der Waals surface area (Å²) >= 11 is 0. The molecule has 0 rings (SSSR count). The second-order valence-electron chi connectivity index (χ2n) is 16.9. The Labute approximate surface area is 363 Å². The molecule has 0 aliphatic carbocycles. The van der Waals surface area contributed by atoms with Gasteiger partial charge < -0.3 is 9.59 Å². The van der Waals surface area contributed by atoms with E-state index in [1.165, 1.54) is 154 Å². The van der Waals surface area contributed by atoms with Crippen molar-refractivity contribution in [1.29, 1.82) is 0 Å². The van der Waals surface area contributed by atoms with E-state index in [0.717, 1.165) is 35.5 Å². The van der Waals surface area contributed by atoms with Crippen LogP contribution in [0, 0.1) is 35.5 Å². The van der Waals surface area contributed by atoms with E-state index in [-0.39, 0.29) is 32.3 Å².